The Kier molecular flexibility index (Phi) is 4.04. The van der Waals surface area contributed by atoms with Crippen LogP contribution < -0.4 is 0 Å². The van der Waals surface area contributed by atoms with E-state index in [2.05, 4.69) is 9.47 Å². The molecule has 0 radical (unpaired) electrons. The molecule has 1 aliphatic heterocycles. The second-order valence-corrected chi connectivity index (χ2v) is 5.33. The van der Waals surface area contributed by atoms with Crippen molar-refractivity contribution >= 4 is 52.5 Å². The Morgan fingerprint density at radius 3 is 2.44 bits per heavy atom. The molecule has 1 heterocycles. The topological polar surface area (TPSA) is 69.7 Å². The van der Waals surface area contributed by atoms with Crippen molar-refractivity contribution in [3.63, 3.8) is 0 Å². The first-order valence-electron chi connectivity index (χ1n) is 4.27. The van der Waals surface area contributed by atoms with Gasteiger partial charge in [0.25, 0.3) is 5.78 Å². The summed E-state index contributed by atoms with van der Waals surface area (Å²) in [5, 5.41) is 0. The molecule has 1 saturated heterocycles. The summed E-state index contributed by atoms with van der Waals surface area (Å²) in [6.45, 7) is 1.59. The van der Waals surface area contributed by atoms with Gasteiger partial charge in [-0.15, -0.1) is 0 Å². The smallest absolute Gasteiger partial charge is 0.376 e. The van der Waals surface area contributed by atoms with E-state index in [1.54, 1.807) is 6.92 Å². The van der Waals surface area contributed by atoms with Crippen molar-refractivity contribution in [2.45, 2.75) is 16.8 Å². The first kappa shape index (κ1) is 13.5. The summed E-state index contributed by atoms with van der Waals surface area (Å²) in [4.78, 5) is 33.7. The van der Waals surface area contributed by atoms with Crippen LogP contribution >= 0.6 is 34.8 Å². The number of carbonyl (C=O) groups excluding carboxylic acids is 3. The van der Waals surface area contributed by atoms with E-state index < -0.39 is 33.5 Å². The molecule has 0 spiro atoms. The Balaban J connectivity index is 2.97. The summed E-state index contributed by atoms with van der Waals surface area (Å²) in [6, 6.07) is 0. The maximum atomic E-state index is 11.4. The average molecular weight is 289 g/mol. The van der Waals surface area contributed by atoms with Gasteiger partial charge in [0, 0.05) is 0 Å². The first-order valence-corrected chi connectivity index (χ1v) is 5.40. The van der Waals surface area contributed by atoms with Crippen LogP contribution in [0.25, 0.3) is 0 Å². The van der Waals surface area contributed by atoms with E-state index in [0.29, 0.717) is 0 Å². The van der Waals surface area contributed by atoms with Crippen molar-refractivity contribution in [1.82, 2.24) is 0 Å². The predicted octanol–water partition coefficient (Wildman–Crippen LogP) is 1.03. The molecule has 0 aromatic carbocycles. The number of alkyl halides is 3. The quantitative estimate of drug-likeness (QED) is 0.329. The van der Waals surface area contributed by atoms with E-state index in [0.717, 1.165) is 0 Å². The van der Waals surface area contributed by atoms with Gasteiger partial charge in [-0.3, -0.25) is 9.59 Å². The van der Waals surface area contributed by atoms with Crippen LogP contribution in [0.1, 0.15) is 6.92 Å². The number of carbonyl (C=O) groups is 3. The monoisotopic (exact) mass is 288 g/mol. The summed E-state index contributed by atoms with van der Waals surface area (Å²) in [6.07, 6.45) is -1.45. The number of hydrogen-bond donors (Lipinski definition) is 0. The zero-order valence-corrected chi connectivity index (χ0v) is 10.3. The Morgan fingerprint density at radius 2 is 2.00 bits per heavy atom. The van der Waals surface area contributed by atoms with Gasteiger partial charge >= 0.3 is 11.9 Å². The maximum absolute atomic E-state index is 11.4. The fourth-order valence-corrected chi connectivity index (χ4v) is 1.74. The highest BCUT2D eigenvalue weighted by Crippen LogP contribution is 2.40. The number of ether oxygens (including phenoxy) is 2. The van der Waals surface area contributed by atoms with Gasteiger partial charge in [-0.25, -0.2) is 4.79 Å². The van der Waals surface area contributed by atoms with Crippen molar-refractivity contribution in [3.05, 3.63) is 0 Å². The normalized spacial score (nSPS) is 25.5. The molecule has 0 bridgehead atoms. The Morgan fingerprint density at radius 1 is 1.44 bits per heavy atom. The van der Waals surface area contributed by atoms with E-state index in [1.165, 1.54) is 0 Å². The Labute approximate surface area is 106 Å². The number of Topliss-reactive ketones (excluding diaryl/α,β-unsaturated/α-hetero) is 1. The third kappa shape index (κ3) is 2.59. The van der Waals surface area contributed by atoms with Crippen LogP contribution in [-0.4, -0.2) is 34.2 Å². The molecule has 90 valence electrons. The van der Waals surface area contributed by atoms with Crippen LogP contribution in [-0.2, 0) is 23.9 Å². The number of cyclic esters (lactones) is 1. The largest absolute Gasteiger partial charge is 0.465 e. The van der Waals surface area contributed by atoms with Gasteiger partial charge in [-0.05, 0) is 6.92 Å². The van der Waals surface area contributed by atoms with Crippen LogP contribution in [0.2, 0.25) is 0 Å². The third-order valence-electron chi connectivity index (χ3n) is 1.88. The lowest BCUT2D eigenvalue weighted by Crippen LogP contribution is -2.38. The number of halogens is 3. The lowest BCUT2D eigenvalue weighted by atomic mass is 10.0. The van der Waals surface area contributed by atoms with Crippen molar-refractivity contribution in [2.75, 3.05) is 6.61 Å². The molecule has 0 amide bonds. The number of ketones is 1. The van der Waals surface area contributed by atoms with Crippen LogP contribution in [0.15, 0.2) is 0 Å². The predicted molar refractivity (Wildman–Crippen MR) is 55.3 cm³/mol. The number of hydrogen-bond acceptors (Lipinski definition) is 5. The lowest BCUT2D eigenvalue weighted by molar-refractivity contribution is -0.152. The van der Waals surface area contributed by atoms with Crippen LogP contribution in [0.4, 0.5) is 0 Å². The van der Waals surface area contributed by atoms with E-state index >= 15 is 0 Å². The highest BCUT2D eigenvalue weighted by molar-refractivity contribution is 6.68. The molecule has 8 heteroatoms. The molecule has 16 heavy (non-hydrogen) atoms. The second kappa shape index (κ2) is 4.77. The van der Waals surface area contributed by atoms with Crippen LogP contribution in [0.5, 0.6) is 0 Å². The van der Waals surface area contributed by atoms with Crippen LogP contribution in [0, 0.1) is 5.92 Å². The van der Waals surface area contributed by atoms with Gasteiger partial charge in [0.15, 0.2) is 12.0 Å². The van der Waals surface area contributed by atoms with E-state index in [-0.39, 0.29) is 6.61 Å². The van der Waals surface area contributed by atoms with E-state index in [1.807, 2.05) is 0 Å². The SMILES string of the molecule is CCOC(=O)[C@H]1C(=O)C(=O)O[C@@H]1C(Cl)(Cl)Cl. The van der Waals surface area contributed by atoms with Gasteiger partial charge in [0.2, 0.25) is 3.79 Å². The molecule has 0 aromatic rings. The molecule has 1 fully saturated rings. The van der Waals surface area contributed by atoms with E-state index in [9.17, 15) is 14.4 Å². The van der Waals surface area contributed by atoms with Crippen molar-refractivity contribution in [1.29, 1.82) is 0 Å². The van der Waals surface area contributed by atoms with E-state index in [4.69, 9.17) is 34.8 Å². The Hall–Kier alpha value is -0.520. The van der Waals surface area contributed by atoms with Crippen molar-refractivity contribution in [2.24, 2.45) is 5.92 Å². The fraction of sp³-hybridized carbons (Fsp3) is 0.625. The molecular weight excluding hydrogens is 282 g/mol. The fourth-order valence-electron chi connectivity index (χ4n) is 1.22. The number of esters is 2. The first-order chi connectivity index (χ1) is 7.29. The molecule has 5 nitrogen and oxygen atoms in total. The number of rotatable bonds is 2. The van der Waals surface area contributed by atoms with Gasteiger partial charge < -0.3 is 9.47 Å². The third-order valence-corrected chi connectivity index (χ3v) is 2.53. The standard InChI is InChI=1S/C8H7Cl3O5/c1-2-15-6(13)3-4(12)7(14)16-5(3)8(9,10)11/h3,5H,2H2,1H3/t3-,5-/m0/s1. The highest BCUT2D eigenvalue weighted by Gasteiger charge is 2.57. The molecule has 1 rings (SSSR count). The minimum atomic E-state index is -2.06. The minimum absolute atomic E-state index is 0.0450. The second-order valence-electron chi connectivity index (χ2n) is 2.96. The summed E-state index contributed by atoms with van der Waals surface area (Å²) in [5.41, 5.74) is 0. The molecule has 1 aliphatic rings. The summed E-state index contributed by atoms with van der Waals surface area (Å²) < 4.78 is 7.08. The molecular formula is C8H7Cl3O5. The summed E-state index contributed by atoms with van der Waals surface area (Å²) >= 11 is 16.5. The van der Waals surface area contributed by atoms with Crippen molar-refractivity contribution < 1.29 is 23.9 Å². The Bertz CT molecular complexity index is 335. The lowest BCUT2D eigenvalue weighted by Gasteiger charge is -2.21. The van der Waals surface area contributed by atoms with Gasteiger partial charge in [0.05, 0.1) is 6.61 Å². The van der Waals surface area contributed by atoms with Gasteiger partial charge in [0.1, 0.15) is 0 Å². The average Bonchev–Trinajstić information content (AvgIpc) is 2.43. The molecule has 0 saturated carbocycles. The molecule has 0 N–H and O–H groups in total. The molecule has 2 atom stereocenters. The zero-order valence-electron chi connectivity index (χ0n) is 8.04. The van der Waals surface area contributed by atoms with Crippen molar-refractivity contribution in [3.8, 4) is 0 Å². The zero-order chi connectivity index (χ0) is 12.5. The minimum Gasteiger partial charge on any atom is -0.465 e. The maximum Gasteiger partial charge on any atom is 0.376 e. The highest BCUT2D eigenvalue weighted by atomic mass is 35.6. The van der Waals surface area contributed by atoms with Gasteiger partial charge in [-0.1, -0.05) is 34.8 Å². The van der Waals surface area contributed by atoms with Crippen LogP contribution in [0.3, 0.4) is 0 Å². The molecule has 0 unspecified atom stereocenters. The molecule has 0 aliphatic carbocycles. The van der Waals surface area contributed by atoms with Gasteiger partial charge in [-0.2, -0.15) is 0 Å². The summed E-state index contributed by atoms with van der Waals surface area (Å²) in [5.74, 6) is -4.71. The summed E-state index contributed by atoms with van der Waals surface area (Å²) in [7, 11) is 0. The molecule has 0 aromatic heterocycles.